The molecule has 0 saturated carbocycles. The third kappa shape index (κ3) is 4.50. The number of carboxylic acids is 1. The van der Waals surface area contributed by atoms with E-state index in [-0.39, 0.29) is 18.1 Å². The lowest BCUT2D eigenvalue weighted by atomic mass is 10.0. The average Bonchev–Trinajstić information content (AvgIpc) is 2.55. The molecule has 0 atom stereocenters. The molecule has 6 heteroatoms. The predicted molar refractivity (Wildman–Crippen MR) is 94.7 cm³/mol. The fourth-order valence-electron chi connectivity index (χ4n) is 2.49. The Morgan fingerprint density at radius 1 is 1.04 bits per heavy atom. The fraction of sp³-hybridized carbons (Fsp3) is 0.263. The number of benzene rings is 2. The lowest BCUT2D eigenvalue weighted by molar-refractivity contribution is -0.118. The van der Waals surface area contributed by atoms with E-state index in [1.54, 1.807) is 38.3 Å². The minimum absolute atomic E-state index is 0.160. The summed E-state index contributed by atoms with van der Waals surface area (Å²) in [6.07, 6.45) is 0. The van der Waals surface area contributed by atoms with Gasteiger partial charge in [-0.05, 0) is 61.7 Å². The zero-order valence-corrected chi connectivity index (χ0v) is 14.7. The van der Waals surface area contributed by atoms with Gasteiger partial charge in [-0.3, -0.25) is 4.79 Å². The third-order valence-electron chi connectivity index (χ3n) is 3.81. The van der Waals surface area contributed by atoms with E-state index in [2.05, 4.69) is 5.32 Å². The SMILES string of the molecule is COc1ccc(OCC(=O)Nc2cc(C(=O)O)c(C)cc2C)cc1C. The summed E-state index contributed by atoms with van der Waals surface area (Å²) in [5.74, 6) is -0.0942. The van der Waals surface area contributed by atoms with Crippen LogP contribution in [-0.2, 0) is 4.79 Å². The largest absolute Gasteiger partial charge is 0.496 e. The summed E-state index contributed by atoms with van der Waals surface area (Å²) in [6, 6.07) is 8.46. The number of carboxylic acid groups (broad SMARTS) is 1. The van der Waals surface area contributed by atoms with Crippen molar-refractivity contribution in [1.29, 1.82) is 0 Å². The second-order valence-corrected chi connectivity index (χ2v) is 5.76. The summed E-state index contributed by atoms with van der Waals surface area (Å²) in [6.45, 7) is 5.23. The van der Waals surface area contributed by atoms with Crippen LogP contribution in [0.1, 0.15) is 27.0 Å². The molecule has 1 amide bonds. The Hall–Kier alpha value is -3.02. The molecule has 0 aliphatic carbocycles. The van der Waals surface area contributed by atoms with Crippen LogP contribution in [0.25, 0.3) is 0 Å². The molecule has 2 aromatic rings. The Balaban J connectivity index is 2.04. The maximum atomic E-state index is 12.1. The maximum Gasteiger partial charge on any atom is 0.336 e. The molecule has 0 aliphatic rings. The van der Waals surface area contributed by atoms with Crippen molar-refractivity contribution < 1.29 is 24.2 Å². The maximum absolute atomic E-state index is 12.1. The third-order valence-corrected chi connectivity index (χ3v) is 3.81. The van der Waals surface area contributed by atoms with Gasteiger partial charge in [-0.15, -0.1) is 0 Å². The van der Waals surface area contributed by atoms with Gasteiger partial charge in [0.2, 0.25) is 0 Å². The number of carbonyl (C=O) groups is 2. The van der Waals surface area contributed by atoms with E-state index in [0.29, 0.717) is 17.0 Å². The summed E-state index contributed by atoms with van der Waals surface area (Å²) < 4.78 is 10.7. The molecule has 0 spiro atoms. The summed E-state index contributed by atoms with van der Waals surface area (Å²) in [5, 5.41) is 11.9. The van der Waals surface area contributed by atoms with E-state index in [1.165, 1.54) is 6.07 Å². The number of hydrogen-bond donors (Lipinski definition) is 2. The summed E-state index contributed by atoms with van der Waals surface area (Å²) in [4.78, 5) is 23.3. The standard InChI is InChI=1S/C19H21NO5/c1-11-7-12(2)16(9-15(11)19(22)23)20-18(21)10-25-14-5-6-17(24-4)13(3)8-14/h5-9H,10H2,1-4H3,(H,20,21)(H,22,23). The first kappa shape index (κ1) is 18.3. The molecule has 0 fully saturated rings. The summed E-state index contributed by atoms with van der Waals surface area (Å²) in [5.41, 5.74) is 2.96. The highest BCUT2D eigenvalue weighted by Gasteiger charge is 2.13. The average molecular weight is 343 g/mol. The Kier molecular flexibility index (Phi) is 5.64. The second kappa shape index (κ2) is 7.70. The molecule has 0 bridgehead atoms. The monoisotopic (exact) mass is 343 g/mol. The van der Waals surface area contributed by atoms with Crippen molar-refractivity contribution in [2.24, 2.45) is 0 Å². The molecular formula is C19H21NO5. The zero-order valence-electron chi connectivity index (χ0n) is 14.7. The molecule has 0 unspecified atom stereocenters. The van der Waals surface area contributed by atoms with E-state index in [1.807, 2.05) is 13.8 Å². The van der Waals surface area contributed by atoms with Gasteiger partial charge in [-0.1, -0.05) is 6.07 Å². The molecule has 0 aromatic heterocycles. The van der Waals surface area contributed by atoms with Gasteiger partial charge in [0.05, 0.1) is 12.7 Å². The van der Waals surface area contributed by atoms with Crippen LogP contribution in [0.5, 0.6) is 11.5 Å². The fourth-order valence-corrected chi connectivity index (χ4v) is 2.49. The molecular weight excluding hydrogens is 322 g/mol. The second-order valence-electron chi connectivity index (χ2n) is 5.76. The first-order valence-corrected chi connectivity index (χ1v) is 7.73. The van der Waals surface area contributed by atoms with Crippen LogP contribution in [0.4, 0.5) is 5.69 Å². The van der Waals surface area contributed by atoms with Gasteiger partial charge >= 0.3 is 5.97 Å². The molecule has 0 heterocycles. The molecule has 0 radical (unpaired) electrons. The smallest absolute Gasteiger partial charge is 0.336 e. The number of anilines is 1. The summed E-state index contributed by atoms with van der Waals surface area (Å²) in [7, 11) is 1.59. The van der Waals surface area contributed by atoms with E-state index >= 15 is 0 Å². The van der Waals surface area contributed by atoms with Gasteiger partial charge in [0.1, 0.15) is 11.5 Å². The Morgan fingerprint density at radius 3 is 2.36 bits per heavy atom. The normalized spacial score (nSPS) is 10.2. The quantitative estimate of drug-likeness (QED) is 0.840. The number of nitrogens with one attached hydrogen (secondary N) is 1. The van der Waals surface area contributed by atoms with Gasteiger partial charge in [-0.25, -0.2) is 4.79 Å². The van der Waals surface area contributed by atoms with Gasteiger partial charge in [0.25, 0.3) is 5.91 Å². The van der Waals surface area contributed by atoms with Crippen molar-refractivity contribution in [3.8, 4) is 11.5 Å². The van der Waals surface area contributed by atoms with Crippen LogP contribution in [-0.4, -0.2) is 30.7 Å². The number of amides is 1. The van der Waals surface area contributed by atoms with Crippen LogP contribution >= 0.6 is 0 Å². The Morgan fingerprint density at radius 2 is 1.76 bits per heavy atom. The van der Waals surface area contributed by atoms with E-state index in [4.69, 9.17) is 9.47 Å². The van der Waals surface area contributed by atoms with Crippen LogP contribution in [0, 0.1) is 20.8 Å². The summed E-state index contributed by atoms with van der Waals surface area (Å²) >= 11 is 0. The number of methoxy groups -OCH3 is 1. The molecule has 0 saturated heterocycles. The van der Waals surface area contributed by atoms with Crippen LogP contribution < -0.4 is 14.8 Å². The highest BCUT2D eigenvalue weighted by Crippen LogP contribution is 2.23. The lowest BCUT2D eigenvalue weighted by Crippen LogP contribution is -2.21. The highest BCUT2D eigenvalue weighted by atomic mass is 16.5. The predicted octanol–water partition coefficient (Wildman–Crippen LogP) is 3.34. The van der Waals surface area contributed by atoms with Crippen LogP contribution in [0.3, 0.4) is 0 Å². The van der Waals surface area contributed by atoms with E-state index in [9.17, 15) is 14.7 Å². The first-order chi connectivity index (χ1) is 11.8. The number of ether oxygens (including phenoxy) is 2. The zero-order chi connectivity index (χ0) is 18.6. The molecule has 2 N–H and O–H groups in total. The lowest BCUT2D eigenvalue weighted by Gasteiger charge is -2.13. The minimum Gasteiger partial charge on any atom is -0.496 e. The first-order valence-electron chi connectivity index (χ1n) is 7.73. The number of hydrogen-bond acceptors (Lipinski definition) is 4. The Bertz CT molecular complexity index is 814. The topological polar surface area (TPSA) is 84.9 Å². The molecule has 6 nitrogen and oxygen atoms in total. The molecule has 0 aliphatic heterocycles. The van der Waals surface area contributed by atoms with Crippen molar-refractivity contribution >= 4 is 17.6 Å². The van der Waals surface area contributed by atoms with Gasteiger partial charge in [-0.2, -0.15) is 0 Å². The van der Waals surface area contributed by atoms with Gasteiger partial charge < -0.3 is 19.9 Å². The van der Waals surface area contributed by atoms with Gasteiger partial charge in [0.15, 0.2) is 6.61 Å². The Labute approximate surface area is 146 Å². The van der Waals surface area contributed by atoms with Crippen molar-refractivity contribution in [3.05, 3.63) is 52.6 Å². The molecule has 132 valence electrons. The number of carbonyl (C=O) groups excluding carboxylic acids is 1. The van der Waals surface area contributed by atoms with E-state index in [0.717, 1.165) is 16.9 Å². The van der Waals surface area contributed by atoms with E-state index < -0.39 is 5.97 Å². The molecule has 2 rings (SSSR count). The molecule has 2 aromatic carbocycles. The highest BCUT2D eigenvalue weighted by molar-refractivity contribution is 5.96. The number of aromatic carboxylic acids is 1. The number of aryl methyl sites for hydroxylation is 3. The van der Waals surface area contributed by atoms with Crippen LogP contribution in [0.2, 0.25) is 0 Å². The van der Waals surface area contributed by atoms with Crippen molar-refractivity contribution in [3.63, 3.8) is 0 Å². The molecule has 25 heavy (non-hydrogen) atoms. The van der Waals surface area contributed by atoms with Crippen molar-refractivity contribution in [2.75, 3.05) is 19.0 Å². The number of rotatable bonds is 6. The van der Waals surface area contributed by atoms with Crippen molar-refractivity contribution in [1.82, 2.24) is 0 Å². The van der Waals surface area contributed by atoms with Gasteiger partial charge in [0, 0.05) is 5.69 Å². The minimum atomic E-state index is -1.03. The van der Waals surface area contributed by atoms with Crippen molar-refractivity contribution in [2.45, 2.75) is 20.8 Å². The van der Waals surface area contributed by atoms with Crippen LogP contribution in [0.15, 0.2) is 30.3 Å².